The van der Waals surface area contributed by atoms with Gasteiger partial charge in [0.15, 0.2) is 0 Å². The molecule has 1 saturated heterocycles. The van der Waals surface area contributed by atoms with Crippen LogP contribution in [0.3, 0.4) is 0 Å². The fourth-order valence-corrected chi connectivity index (χ4v) is 8.61. The molecule has 0 spiro atoms. The minimum Gasteiger partial charge on any atom is -0.265 e. The summed E-state index contributed by atoms with van der Waals surface area (Å²) in [6.45, 7) is 8.70. The molecule has 40 heavy (non-hydrogen) atoms. The van der Waals surface area contributed by atoms with Crippen LogP contribution in [-0.2, 0) is 20.0 Å². The molecular formula is C30H34N4O4S2. The van der Waals surface area contributed by atoms with Gasteiger partial charge in [0.1, 0.15) is 0 Å². The van der Waals surface area contributed by atoms with Crippen LogP contribution in [0.1, 0.15) is 39.7 Å². The van der Waals surface area contributed by atoms with Crippen molar-refractivity contribution in [3.8, 4) is 0 Å². The average Bonchev–Trinajstić information content (AvgIpc) is 2.93. The van der Waals surface area contributed by atoms with Crippen molar-refractivity contribution in [2.45, 2.75) is 43.9 Å². The lowest BCUT2D eigenvalue weighted by Gasteiger charge is -2.40. The second-order valence-electron chi connectivity index (χ2n) is 11.5. The summed E-state index contributed by atoms with van der Waals surface area (Å²) in [6.07, 6.45) is 0.451. The molecule has 2 aliphatic heterocycles. The number of anilines is 1. The van der Waals surface area contributed by atoms with E-state index in [9.17, 15) is 16.8 Å². The fourth-order valence-electron chi connectivity index (χ4n) is 5.32. The third-order valence-electron chi connectivity index (χ3n) is 7.54. The highest BCUT2D eigenvalue weighted by atomic mass is 32.2. The highest BCUT2D eigenvalue weighted by Crippen LogP contribution is 2.40. The predicted molar refractivity (Wildman–Crippen MR) is 159 cm³/mol. The Balaban J connectivity index is 1.48. The summed E-state index contributed by atoms with van der Waals surface area (Å²) in [5, 5.41) is 9.45. The Labute approximate surface area is 237 Å². The molecule has 0 saturated carbocycles. The molecule has 1 fully saturated rings. The molecule has 0 amide bonds. The number of rotatable bonds is 5. The van der Waals surface area contributed by atoms with Crippen molar-refractivity contribution in [2.75, 3.05) is 23.9 Å². The molecule has 0 N–H and O–H groups in total. The van der Waals surface area contributed by atoms with Gasteiger partial charge >= 0.3 is 0 Å². The first-order valence-corrected chi connectivity index (χ1v) is 16.1. The fraction of sp³-hybridized carbons (Fsp3) is 0.333. The van der Waals surface area contributed by atoms with Crippen LogP contribution >= 0.6 is 0 Å². The molecule has 2 heterocycles. The Kier molecular flexibility index (Phi) is 7.22. The van der Waals surface area contributed by atoms with Gasteiger partial charge in [-0.15, -0.1) is 0 Å². The average molecular weight is 579 g/mol. The quantitative estimate of drug-likeness (QED) is 0.389. The van der Waals surface area contributed by atoms with Crippen LogP contribution in [0.25, 0.3) is 0 Å². The Morgan fingerprint density at radius 1 is 0.650 bits per heavy atom. The molecule has 0 unspecified atom stereocenters. The van der Waals surface area contributed by atoms with Gasteiger partial charge in [0, 0.05) is 48.2 Å². The molecule has 8 nitrogen and oxygen atoms in total. The largest absolute Gasteiger partial charge is 0.265 e. The first-order chi connectivity index (χ1) is 18.8. The monoisotopic (exact) mass is 578 g/mol. The summed E-state index contributed by atoms with van der Waals surface area (Å²) in [7, 11) is -7.40. The zero-order chi connectivity index (χ0) is 28.8. The highest BCUT2D eigenvalue weighted by Gasteiger charge is 2.42. The van der Waals surface area contributed by atoms with Gasteiger partial charge in [-0.05, 0) is 30.3 Å². The van der Waals surface area contributed by atoms with Gasteiger partial charge < -0.3 is 0 Å². The van der Waals surface area contributed by atoms with Crippen LogP contribution in [0.4, 0.5) is 5.69 Å². The highest BCUT2D eigenvalue weighted by molar-refractivity contribution is 7.92. The standard InChI is InChI=1S/C30H34N4O4S2/c1-29(2)21-33(39(35,36)23-13-7-5-8-14-23)20-19-27(29)31-32-28-25-17-11-12-18-26(25)34(22-30(28,3)4)40(37,38)24-15-9-6-10-16-24/h5-18H,19-22H2,1-4H3. The van der Waals surface area contributed by atoms with Gasteiger partial charge in [-0.25, -0.2) is 16.8 Å². The molecule has 0 aliphatic carbocycles. The van der Waals surface area contributed by atoms with E-state index in [-0.39, 0.29) is 22.9 Å². The molecular weight excluding hydrogens is 544 g/mol. The van der Waals surface area contributed by atoms with E-state index < -0.39 is 30.9 Å². The van der Waals surface area contributed by atoms with Gasteiger partial charge in [-0.1, -0.05) is 82.3 Å². The van der Waals surface area contributed by atoms with Gasteiger partial charge in [-0.2, -0.15) is 14.5 Å². The maximum absolute atomic E-state index is 13.7. The van der Waals surface area contributed by atoms with Crippen LogP contribution < -0.4 is 4.31 Å². The van der Waals surface area contributed by atoms with Gasteiger partial charge in [0.2, 0.25) is 10.0 Å². The maximum atomic E-state index is 13.7. The lowest BCUT2D eigenvalue weighted by atomic mass is 9.80. The Bertz CT molecular complexity index is 1680. The molecule has 5 rings (SSSR count). The SMILES string of the molecule is CC1(C)CN(S(=O)(=O)c2ccccc2)CCC1=NN=C1c2ccccc2N(S(=O)(=O)c2ccccc2)CC1(C)C. The van der Waals surface area contributed by atoms with E-state index in [1.807, 2.05) is 45.9 Å². The molecule has 0 bridgehead atoms. The Morgan fingerprint density at radius 3 is 1.80 bits per heavy atom. The maximum Gasteiger partial charge on any atom is 0.264 e. The van der Waals surface area contributed by atoms with Crippen LogP contribution in [0, 0.1) is 10.8 Å². The molecule has 2 aliphatic rings. The number of piperidine rings is 1. The van der Waals surface area contributed by atoms with Crippen molar-refractivity contribution in [1.82, 2.24) is 4.31 Å². The summed E-state index contributed by atoms with van der Waals surface area (Å²) >= 11 is 0. The number of benzene rings is 3. The van der Waals surface area contributed by atoms with Crippen LogP contribution in [0.15, 0.2) is 105 Å². The van der Waals surface area contributed by atoms with E-state index in [0.29, 0.717) is 29.9 Å². The topological polar surface area (TPSA) is 99.5 Å². The molecule has 0 aromatic heterocycles. The summed E-state index contributed by atoms with van der Waals surface area (Å²) in [5.74, 6) is 0. The summed E-state index contributed by atoms with van der Waals surface area (Å²) in [4.78, 5) is 0.516. The predicted octanol–water partition coefficient (Wildman–Crippen LogP) is 5.19. The first-order valence-electron chi connectivity index (χ1n) is 13.2. The summed E-state index contributed by atoms with van der Waals surface area (Å²) < 4.78 is 56.7. The van der Waals surface area contributed by atoms with Gasteiger partial charge in [0.25, 0.3) is 10.0 Å². The van der Waals surface area contributed by atoms with Crippen molar-refractivity contribution < 1.29 is 16.8 Å². The van der Waals surface area contributed by atoms with E-state index in [2.05, 4.69) is 0 Å². The summed E-state index contributed by atoms with van der Waals surface area (Å²) in [5.41, 5.74) is 1.61. The molecule has 10 heteroatoms. The van der Waals surface area contributed by atoms with Crippen LogP contribution in [0.2, 0.25) is 0 Å². The van der Waals surface area contributed by atoms with E-state index >= 15 is 0 Å². The normalized spacial score (nSPS) is 21.4. The zero-order valence-corrected chi connectivity index (χ0v) is 24.8. The number of hydrogen-bond donors (Lipinski definition) is 0. The van der Waals surface area contributed by atoms with Crippen LogP contribution in [-0.4, -0.2) is 52.2 Å². The van der Waals surface area contributed by atoms with E-state index in [1.54, 1.807) is 66.7 Å². The third kappa shape index (κ3) is 5.11. The Morgan fingerprint density at radius 2 is 1.20 bits per heavy atom. The second-order valence-corrected chi connectivity index (χ2v) is 15.3. The molecule has 210 valence electrons. The van der Waals surface area contributed by atoms with E-state index in [0.717, 1.165) is 5.71 Å². The summed E-state index contributed by atoms with van der Waals surface area (Å²) in [6, 6.07) is 24.3. The number of para-hydroxylation sites is 1. The van der Waals surface area contributed by atoms with Gasteiger partial charge in [0.05, 0.1) is 21.2 Å². The number of nitrogens with zero attached hydrogens (tertiary/aromatic N) is 4. The molecule has 3 aromatic carbocycles. The smallest absolute Gasteiger partial charge is 0.264 e. The minimum absolute atomic E-state index is 0.206. The lowest BCUT2D eigenvalue weighted by Crippen LogP contribution is -2.49. The molecule has 0 atom stereocenters. The van der Waals surface area contributed by atoms with Crippen molar-refractivity contribution in [1.29, 1.82) is 0 Å². The van der Waals surface area contributed by atoms with E-state index in [4.69, 9.17) is 10.2 Å². The van der Waals surface area contributed by atoms with Crippen molar-refractivity contribution >= 4 is 37.2 Å². The minimum atomic E-state index is -3.79. The van der Waals surface area contributed by atoms with Crippen molar-refractivity contribution in [3.63, 3.8) is 0 Å². The number of sulfonamides is 2. The molecule has 3 aromatic rings. The van der Waals surface area contributed by atoms with Crippen molar-refractivity contribution in [3.05, 3.63) is 90.5 Å². The van der Waals surface area contributed by atoms with E-state index in [1.165, 1.54) is 8.61 Å². The second kappa shape index (κ2) is 10.2. The number of hydrogen-bond acceptors (Lipinski definition) is 6. The first kappa shape index (κ1) is 28.2. The third-order valence-corrected chi connectivity index (χ3v) is 11.2. The van der Waals surface area contributed by atoms with Gasteiger partial charge in [-0.3, -0.25) is 4.31 Å². The Hall–Kier alpha value is -3.34. The molecule has 0 radical (unpaired) electrons. The van der Waals surface area contributed by atoms with Crippen molar-refractivity contribution in [2.24, 2.45) is 21.0 Å². The number of fused-ring (bicyclic) bond motifs is 1. The lowest BCUT2D eigenvalue weighted by molar-refractivity contribution is 0.302. The van der Waals surface area contributed by atoms with Crippen LogP contribution in [0.5, 0.6) is 0 Å². The zero-order valence-electron chi connectivity index (χ0n) is 23.1.